The lowest BCUT2D eigenvalue weighted by atomic mass is 10.1. The molecule has 0 radical (unpaired) electrons. The Kier molecular flexibility index (Phi) is 3.17. The fraction of sp³-hybridized carbons (Fsp3) is 0.471. The highest BCUT2D eigenvalue weighted by atomic mass is 15.4. The third-order valence-electron chi connectivity index (χ3n) is 4.98. The van der Waals surface area contributed by atoms with Crippen LogP contribution < -0.4 is 0 Å². The van der Waals surface area contributed by atoms with E-state index in [4.69, 9.17) is 4.98 Å². The van der Waals surface area contributed by atoms with Crippen molar-refractivity contribution in [2.45, 2.75) is 51.6 Å². The zero-order valence-electron chi connectivity index (χ0n) is 13.5. The Bertz CT molecular complexity index is 823. The monoisotopic (exact) mass is 321 g/mol. The van der Waals surface area contributed by atoms with Crippen LogP contribution in [0.1, 0.15) is 37.1 Å². The first-order valence-electron chi connectivity index (χ1n) is 8.73. The van der Waals surface area contributed by atoms with E-state index in [1.165, 1.54) is 37.1 Å². The molecule has 2 aliphatic heterocycles. The van der Waals surface area contributed by atoms with Gasteiger partial charge in [-0.05, 0) is 50.7 Å². The van der Waals surface area contributed by atoms with Crippen molar-refractivity contribution in [2.24, 2.45) is 0 Å². The number of rotatable bonds is 2. The first kappa shape index (κ1) is 13.8. The summed E-state index contributed by atoms with van der Waals surface area (Å²) < 4.78 is 4.04. The molecule has 0 spiro atoms. The zero-order chi connectivity index (χ0) is 15.9. The summed E-state index contributed by atoms with van der Waals surface area (Å²) in [5.41, 5.74) is 6.00. The van der Waals surface area contributed by atoms with Crippen molar-refractivity contribution in [2.75, 3.05) is 0 Å². The van der Waals surface area contributed by atoms with E-state index in [1.54, 1.807) is 0 Å². The SMILES string of the molecule is c1cc(-c2nnn3c2CCCC3)nc(-c2nnn3c2CCCC3)c1. The predicted molar refractivity (Wildman–Crippen MR) is 88.1 cm³/mol. The van der Waals surface area contributed by atoms with Crippen LogP contribution >= 0.6 is 0 Å². The standard InChI is InChI=1S/C17H19N7/c1-3-10-23-14(8-1)16(19-21-23)12-6-5-7-13(18-12)17-15-9-2-4-11-24(15)22-20-17/h5-7H,1-4,8-11H2. The minimum atomic E-state index is 0.883. The highest BCUT2D eigenvalue weighted by Gasteiger charge is 2.21. The molecular weight excluding hydrogens is 302 g/mol. The van der Waals surface area contributed by atoms with Gasteiger partial charge in [-0.15, -0.1) is 10.2 Å². The van der Waals surface area contributed by atoms with E-state index in [0.29, 0.717) is 0 Å². The van der Waals surface area contributed by atoms with Gasteiger partial charge in [-0.3, -0.25) is 0 Å². The zero-order valence-corrected chi connectivity index (χ0v) is 13.5. The van der Waals surface area contributed by atoms with Gasteiger partial charge >= 0.3 is 0 Å². The van der Waals surface area contributed by atoms with Gasteiger partial charge in [-0.25, -0.2) is 14.3 Å². The van der Waals surface area contributed by atoms with Crippen LogP contribution in [0, 0.1) is 0 Å². The Morgan fingerprint density at radius 3 is 1.79 bits per heavy atom. The van der Waals surface area contributed by atoms with Crippen molar-refractivity contribution in [3.05, 3.63) is 29.6 Å². The topological polar surface area (TPSA) is 74.3 Å². The minimum absolute atomic E-state index is 0.883. The Morgan fingerprint density at radius 2 is 1.25 bits per heavy atom. The highest BCUT2D eigenvalue weighted by Crippen LogP contribution is 2.28. The van der Waals surface area contributed by atoms with Crippen molar-refractivity contribution < 1.29 is 0 Å². The second-order valence-electron chi connectivity index (χ2n) is 6.54. The summed E-state index contributed by atoms with van der Waals surface area (Å²) in [6, 6.07) is 6.05. The molecule has 0 fully saturated rings. The van der Waals surface area contributed by atoms with Crippen LogP contribution in [0.2, 0.25) is 0 Å². The van der Waals surface area contributed by atoms with Crippen molar-refractivity contribution in [1.82, 2.24) is 35.0 Å². The Labute approximate surface area is 139 Å². The van der Waals surface area contributed by atoms with Crippen LogP contribution in [0.5, 0.6) is 0 Å². The third-order valence-corrected chi connectivity index (χ3v) is 4.98. The first-order valence-corrected chi connectivity index (χ1v) is 8.73. The molecule has 0 amide bonds. The molecule has 0 atom stereocenters. The lowest BCUT2D eigenvalue weighted by Gasteiger charge is -2.13. The summed E-state index contributed by atoms with van der Waals surface area (Å²) in [6.45, 7) is 1.92. The highest BCUT2D eigenvalue weighted by molar-refractivity contribution is 5.64. The van der Waals surface area contributed by atoms with Gasteiger partial charge in [-0.2, -0.15) is 0 Å². The van der Waals surface area contributed by atoms with Crippen LogP contribution in [0.15, 0.2) is 18.2 Å². The van der Waals surface area contributed by atoms with Gasteiger partial charge in [0, 0.05) is 13.1 Å². The van der Waals surface area contributed by atoms with Crippen LogP contribution in [0.25, 0.3) is 22.8 Å². The third kappa shape index (κ3) is 2.15. The number of fused-ring (bicyclic) bond motifs is 2. The molecular formula is C17H19N7. The normalized spacial score (nSPS) is 16.7. The number of hydrogen-bond acceptors (Lipinski definition) is 5. The molecule has 0 unspecified atom stereocenters. The van der Waals surface area contributed by atoms with Crippen LogP contribution in [0.4, 0.5) is 0 Å². The molecule has 0 aliphatic carbocycles. The number of nitrogens with zero attached hydrogens (tertiary/aromatic N) is 7. The molecule has 0 saturated carbocycles. The molecule has 3 aromatic heterocycles. The van der Waals surface area contributed by atoms with E-state index in [2.05, 4.69) is 20.6 Å². The molecule has 0 aromatic carbocycles. The quantitative estimate of drug-likeness (QED) is 0.724. The summed E-state index contributed by atoms with van der Waals surface area (Å²) in [4.78, 5) is 4.84. The van der Waals surface area contributed by atoms with E-state index < -0.39 is 0 Å². The maximum atomic E-state index is 4.84. The first-order chi connectivity index (χ1) is 11.9. The Balaban J connectivity index is 1.58. The van der Waals surface area contributed by atoms with Gasteiger partial charge in [0.05, 0.1) is 22.8 Å². The molecule has 24 heavy (non-hydrogen) atoms. The Morgan fingerprint density at radius 1 is 0.708 bits per heavy atom. The summed E-state index contributed by atoms with van der Waals surface area (Å²) >= 11 is 0. The van der Waals surface area contributed by atoms with E-state index in [0.717, 1.165) is 48.7 Å². The summed E-state index contributed by atoms with van der Waals surface area (Å²) in [6.07, 6.45) is 6.79. The maximum Gasteiger partial charge on any atom is 0.134 e. The van der Waals surface area contributed by atoms with Gasteiger partial charge in [0.15, 0.2) is 0 Å². The van der Waals surface area contributed by atoms with Gasteiger partial charge in [0.2, 0.25) is 0 Å². The van der Waals surface area contributed by atoms with Crippen LogP contribution in [-0.4, -0.2) is 35.0 Å². The fourth-order valence-electron chi connectivity index (χ4n) is 3.72. The minimum Gasteiger partial charge on any atom is -0.249 e. The molecule has 122 valence electrons. The lowest BCUT2D eigenvalue weighted by Crippen LogP contribution is -2.12. The molecule has 7 heteroatoms. The maximum absolute atomic E-state index is 4.84. The van der Waals surface area contributed by atoms with Gasteiger partial charge < -0.3 is 0 Å². The van der Waals surface area contributed by atoms with Crippen LogP contribution in [-0.2, 0) is 25.9 Å². The Hall–Kier alpha value is -2.57. The average Bonchev–Trinajstić information content (AvgIpc) is 3.26. The largest absolute Gasteiger partial charge is 0.249 e. The smallest absolute Gasteiger partial charge is 0.134 e. The van der Waals surface area contributed by atoms with E-state index in [-0.39, 0.29) is 0 Å². The summed E-state index contributed by atoms with van der Waals surface area (Å²) in [5.74, 6) is 0. The lowest BCUT2D eigenvalue weighted by molar-refractivity contribution is 0.477. The van der Waals surface area contributed by atoms with Crippen molar-refractivity contribution >= 4 is 0 Å². The van der Waals surface area contributed by atoms with Crippen molar-refractivity contribution in [3.63, 3.8) is 0 Å². The van der Waals surface area contributed by atoms with E-state index in [9.17, 15) is 0 Å². The second-order valence-corrected chi connectivity index (χ2v) is 6.54. The van der Waals surface area contributed by atoms with Crippen molar-refractivity contribution in [1.29, 1.82) is 0 Å². The molecule has 5 rings (SSSR count). The van der Waals surface area contributed by atoms with Gasteiger partial charge in [0.25, 0.3) is 0 Å². The van der Waals surface area contributed by atoms with E-state index >= 15 is 0 Å². The molecule has 3 aromatic rings. The number of aromatic nitrogens is 7. The second kappa shape index (κ2) is 5.51. The van der Waals surface area contributed by atoms with Gasteiger partial charge in [-0.1, -0.05) is 16.5 Å². The van der Waals surface area contributed by atoms with E-state index in [1.807, 2.05) is 27.6 Å². The number of pyridine rings is 1. The fourth-order valence-corrected chi connectivity index (χ4v) is 3.72. The molecule has 7 nitrogen and oxygen atoms in total. The summed E-state index contributed by atoms with van der Waals surface area (Å²) in [5, 5.41) is 17.4. The molecule has 5 heterocycles. The molecule has 0 bridgehead atoms. The summed E-state index contributed by atoms with van der Waals surface area (Å²) in [7, 11) is 0. The molecule has 0 N–H and O–H groups in total. The predicted octanol–water partition coefficient (Wildman–Crippen LogP) is 2.27. The molecule has 2 aliphatic rings. The number of hydrogen-bond donors (Lipinski definition) is 0. The average molecular weight is 321 g/mol. The molecule has 0 saturated heterocycles. The van der Waals surface area contributed by atoms with Crippen LogP contribution in [0.3, 0.4) is 0 Å². The van der Waals surface area contributed by atoms with Crippen molar-refractivity contribution in [3.8, 4) is 22.8 Å². The number of aryl methyl sites for hydroxylation is 2. The van der Waals surface area contributed by atoms with Gasteiger partial charge in [0.1, 0.15) is 11.4 Å².